The van der Waals surface area contributed by atoms with Crippen molar-refractivity contribution in [3.63, 3.8) is 0 Å². The highest BCUT2D eigenvalue weighted by Gasteiger charge is 2.25. The maximum Gasteiger partial charge on any atom is 0.350 e. The van der Waals surface area contributed by atoms with Gasteiger partial charge in [-0.3, -0.25) is 0 Å². The van der Waals surface area contributed by atoms with Crippen LogP contribution in [0.1, 0.15) is 16.6 Å². The highest BCUT2D eigenvalue weighted by Crippen LogP contribution is 2.44. The van der Waals surface area contributed by atoms with Gasteiger partial charge < -0.3 is 20.1 Å². The molecule has 2 N–H and O–H groups in total. The molecule has 0 aromatic carbocycles. The zero-order chi connectivity index (χ0) is 13.8. The summed E-state index contributed by atoms with van der Waals surface area (Å²) in [4.78, 5) is 15.6. The number of hydrogen-bond donors (Lipinski definition) is 1. The van der Waals surface area contributed by atoms with Crippen LogP contribution in [0.4, 0.5) is 10.7 Å². The Bertz CT molecular complexity index is 456. The zero-order valence-corrected chi connectivity index (χ0v) is 12.7. The molecule has 0 saturated carbocycles. The number of nitrogens with two attached hydrogens (primary N) is 1. The minimum Gasteiger partial charge on any atom is -0.462 e. The third kappa shape index (κ3) is 2.98. The molecule has 2 rings (SSSR count). The highest BCUT2D eigenvalue weighted by atomic mass is 32.2. The van der Waals surface area contributed by atoms with Gasteiger partial charge in [0.05, 0.1) is 30.4 Å². The molecule has 0 amide bonds. The fraction of sp³-hybridized carbons (Fsp3) is 0.583. The van der Waals surface area contributed by atoms with Gasteiger partial charge in [0.15, 0.2) is 0 Å². The molecule has 1 aromatic heterocycles. The standard InChI is InChI=1S/C12H18N2O3S2/c1-3-17-12(15)10-8(13)9(18-2)11(19-10)14-4-6-16-7-5-14/h3-7,13H2,1-2H3. The number of rotatable bonds is 4. The maximum atomic E-state index is 11.9. The molecule has 106 valence electrons. The average molecular weight is 302 g/mol. The van der Waals surface area contributed by atoms with Gasteiger partial charge >= 0.3 is 5.97 Å². The Labute approximate surface area is 121 Å². The molecule has 0 spiro atoms. The Balaban J connectivity index is 2.32. The summed E-state index contributed by atoms with van der Waals surface area (Å²) in [5.74, 6) is -0.334. The number of carbonyl (C=O) groups excluding carboxylic acids is 1. The molecule has 1 aromatic rings. The number of thioether (sulfide) groups is 1. The number of hydrogen-bond acceptors (Lipinski definition) is 7. The van der Waals surface area contributed by atoms with E-state index in [1.807, 2.05) is 6.26 Å². The van der Waals surface area contributed by atoms with Gasteiger partial charge in [-0.2, -0.15) is 0 Å². The first-order chi connectivity index (χ1) is 9.19. The summed E-state index contributed by atoms with van der Waals surface area (Å²) >= 11 is 2.98. The van der Waals surface area contributed by atoms with Crippen LogP contribution in [-0.2, 0) is 9.47 Å². The van der Waals surface area contributed by atoms with Crippen LogP contribution >= 0.6 is 23.1 Å². The number of anilines is 2. The summed E-state index contributed by atoms with van der Waals surface area (Å²) in [6.07, 6.45) is 1.97. The Morgan fingerprint density at radius 2 is 2.21 bits per heavy atom. The summed E-state index contributed by atoms with van der Waals surface area (Å²) in [5, 5.41) is 1.05. The Morgan fingerprint density at radius 3 is 2.79 bits per heavy atom. The van der Waals surface area contributed by atoms with Gasteiger partial charge in [-0.15, -0.1) is 23.1 Å². The number of thiophene rings is 1. The first-order valence-electron chi connectivity index (χ1n) is 6.15. The number of carbonyl (C=O) groups is 1. The van der Waals surface area contributed by atoms with Crippen molar-refractivity contribution < 1.29 is 14.3 Å². The number of nitrogen functional groups attached to an aromatic ring is 1. The van der Waals surface area contributed by atoms with E-state index in [4.69, 9.17) is 15.2 Å². The molecule has 19 heavy (non-hydrogen) atoms. The van der Waals surface area contributed by atoms with Crippen molar-refractivity contribution in [2.45, 2.75) is 11.8 Å². The van der Waals surface area contributed by atoms with Gasteiger partial charge in [-0.25, -0.2) is 4.79 Å². The van der Waals surface area contributed by atoms with Crippen LogP contribution in [0.5, 0.6) is 0 Å². The number of nitrogens with zero attached hydrogens (tertiary/aromatic N) is 1. The number of esters is 1. The molecule has 0 unspecified atom stereocenters. The second-order valence-corrected chi connectivity index (χ2v) is 5.82. The van der Waals surface area contributed by atoms with E-state index >= 15 is 0 Å². The second-order valence-electron chi connectivity index (χ2n) is 4.00. The molecule has 0 radical (unpaired) electrons. The van der Waals surface area contributed by atoms with Crippen molar-refractivity contribution in [1.29, 1.82) is 0 Å². The largest absolute Gasteiger partial charge is 0.462 e. The topological polar surface area (TPSA) is 64.8 Å². The lowest BCUT2D eigenvalue weighted by Gasteiger charge is -2.28. The van der Waals surface area contributed by atoms with Crippen LogP contribution in [0.2, 0.25) is 0 Å². The molecule has 1 fully saturated rings. The summed E-state index contributed by atoms with van der Waals surface area (Å²) < 4.78 is 10.4. The molecule has 0 aliphatic carbocycles. The van der Waals surface area contributed by atoms with Crippen LogP contribution < -0.4 is 10.6 Å². The third-order valence-electron chi connectivity index (χ3n) is 2.85. The lowest BCUT2D eigenvalue weighted by Crippen LogP contribution is -2.35. The van der Waals surface area contributed by atoms with Gasteiger partial charge in [0.25, 0.3) is 0 Å². The zero-order valence-electron chi connectivity index (χ0n) is 11.1. The first kappa shape index (κ1) is 14.5. The van der Waals surface area contributed by atoms with E-state index in [1.165, 1.54) is 11.3 Å². The van der Waals surface area contributed by atoms with Gasteiger partial charge in [0.1, 0.15) is 9.88 Å². The van der Waals surface area contributed by atoms with Crippen LogP contribution in [0.15, 0.2) is 4.90 Å². The van der Waals surface area contributed by atoms with Crippen LogP contribution in [0.3, 0.4) is 0 Å². The van der Waals surface area contributed by atoms with E-state index in [2.05, 4.69) is 4.90 Å². The highest BCUT2D eigenvalue weighted by molar-refractivity contribution is 7.99. The minimum atomic E-state index is -0.334. The lowest BCUT2D eigenvalue weighted by molar-refractivity contribution is 0.0533. The van der Waals surface area contributed by atoms with E-state index in [-0.39, 0.29) is 5.97 Å². The lowest BCUT2D eigenvalue weighted by atomic mass is 10.3. The van der Waals surface area contributed by atoms with Crippen LogP contribution in [0.25, 0.3) is 0 Å². The summed E-state index contributed by atoms with van der Waals surface area (Å²) in [6, 6.07) is 0. The molecule has 0 atom stereocenters. The number of morpholine rings is 1. The maximum absolute atomic E-state index is 11.9. The van der Waals surface area contributed by atoms with Crippen LogP contribution in [-0.4, -0.2) is 45.1 Å². The summed E-state index contributed by atoms with van der Waals surface area (Å²) in [7, 11) is 0. The second kappa shape index (κ2) is 6.49. The predicted molar refractivity (Wildman–Crippen MR) is 79.5 cm³/mol. The fourth-order valence-corrected chi connectivity index (χ4v) is 4.06. The van der Waals surface area contributed by atoms with E-state index < -0.39 is 0 Å². The Morgan fingerprint density at radius 1 is 1.53 bits per heavy atom. The molecule has 1 aliphatic heterocycles. The van der Waals surface area contributed by atoms with Gasteiger partial charge in [-0.05, 0) is 13.2 Å². The SMILES string of the molecule is CCOC(=O)c1sc(N2CCOCC2)c(SC)c1N. The fourth-order valence-electron chi connectivity index (χ4n) is 1.94. The average Bonchev–Trinajstić information content (AvgIpc) is 2.77. The van der Waals surface area contributed by atoms with Gasteiger partial charge in [0, 0.05) is 13.1 Å². The molecule has 1 aliphatic rings. The van der Waals surface area contributed by atoms with Gasteiger partial charge in [-0.1, -0.05) is 0 Å². The molecule has 5 nitrogen and oxygen atoms in total. The minimum absolute atomic E-state index is 0.334. The molecule has 1 saturated heterocycles. The van der Waals surface area contributed by atoms with Crippen molar-refractivity contribution in [3.8, 4) is 0 Å². The van der Waals surface area contributed by atoms with E-state index in [0.717, 1.165) is 23.0 Å². The third-order valence-corrected chi connectivity index (χ3v) is 5.04. The Hall–Kier alpha value is -0.920. The smallest absolute Gasteiger partial charge is 0.350 e. The van der Waals surface area contributed by atoms with Crippen LogP contribution in [0, 0.1) is 0 Å². The summed E-state index contributed by atoms with van der Waals surface area (Å²) in [6.45, 7) is 5.23. The van der Waals surface area contributed by atoms with Crippen molar-refractivity contribution in [2.75, 3.05) is 49.8 Å². The van der Waals surface area contributed by atoms with Crippen molar-refractivity contribution in [2.24, 2.45) is 0 Å². The van der Waals surface area contributed by atoms with Crippen molar-refractivity contribution >= 4 is 39.8 Å². The molecule has 7 heteroatoms. The monoisotopic (exact) mass is 302 g/mol. The molecule has 0 bridgehead atoms. The van der Waals surface area contributed by atoms with Gasteiger partial charge in [0.2, 0.25) is 0 Å². The molecular formula is C12H18N2O3S2. The first-order valence-corrected chi connectivity index (χ1v) is 8.19. The van der Waals surface area contributed by atoms with Crippen molar-refractivity contribution in [1.82, 2.24) is 0 Å². The summed E-state index contributed by atoms with van der Waals surface area (Å²) in [5.41, 5.74) is 6.62. The molecular weight excluding hydrogens is 284 g/mol. The normalized spacial score (nSPS) is 15.6. The predicted octanol–water partition coefficient (Wildman–Crippen LogP) is 2.07. The van der Waals surface area contributed by atoms with E-state index in [0.29, 0.717) is 30.4 Å². The number of ether oxygens (including phenoxy) is 2. The molecule has 2 heterocycles. The van der Waals surface area contributed by atoms with Crippen molar-refractivity contribution in [3.05, 3.63) is 4.88 Å². The van der Waals surface area contributed by atoms with E-state index in [1.54, 1.807) is 18.7 Å². The van der Waals surface area contributed by atoms with E-state index in [9.17, 15) is 4.79 Å². The Kier molecular flexibility index (Phi) is 4.95. The quantitative estimate of drug-likeness (QED) is 0.678.